The van der Waals surface area contributed by atoms with Crippen LogP contribution in [0.1, 0.15) is 13.3 Å². The molecule has 16 heavy (non-hydrogen) atoms. The third kappa shape index (κ3) is 1.33. The number of halogens is 1. The van der Waals surface area contributed by atoms with Crippen molar-refractivity contribution in [3.8, 4) is 0 Å². The number of hydrogen-bond acceptors (Lipinski definition) is 4. The van der Waals surface area contributed by atoms with E-state index >= 15 is 0 Å². The van der Waals surface area contributed by atoms with E-state index < -0.39 is 0 Å². The Hall–Kier alpha value is -0.330. The van der Waals surface area contributed by atoms with Crippen LogP contribution in [0.3, 0.4) is 0 Å². The van der Waals surface area contributed by atoms with Crippen molar-refractivity contribution in [2.75, 3.05) is 6.61 Å². The highest BCUT2D eigenvalue weighted by atomic mass is 127. The van der Waals surface area contributed by atoms with Crippen LogP contribution in [0.4, 0.5) is 0 Å². The van der Waals surface area contributed by atoms with E-state index in [9.17, 15) is 9.59 Å². The number of carbonyl (C=O) groups is 2. The molecule has 0 amide bonds. The molecule has 3 aliphatic rings. The predicted octanol–water partition coefficient (Wildman–Crippen LogP) is 1.16. The summed E-state index contributed by atoms with van der Waals surface area (Å²) >= 11 is 2.38. The van der Waals surface area contributed by atoms with Crippen LogP contribution >= 0.6 is 22.6 Å². The maximum Gasteiger partial charge on any atom is 0.310 e. The highest BCUT2D eigenvalue weighted by molar-refractivity contribution is 14.1. The summed E-state index contributed by atoms with van der Waals surface area (Å²) in [6.45, 7) is 1.78. The molecule has 0 spiro atoms. The standard InChI is InChI=1S/C11H13IO4/c1-4(13)15-3-7-5-2-6-8(7)11(14)16-10(6)9(5)12/h5-10H,2-3H2,1H3/t5-,6-,7-,8-,9-,10+/m1/s1. The summed E-state index contributed by atoms with van der Waals surface area (Å²) in [6, 6.07) is 0. The van der Waals surface area contributed by atoms with Crippen LogP contribution in [-0.4, -0.2) is 28.6 Å². The summed E-state index contributed by atoms with van der Waals surface area (Å²) < 4.78 is 10.9. The van der Waals surface area contributed by atoms with Gasteiger partial charge in [0.15, 0.2) is 0 Å². The number of ether oxygens (including phenoxy) is 2. The third-order valence-corrected chi connectivity index (χ3v) is 5.80. The maximum absolute atomic E-state index is 11.7. The average Bonchev–Trinajstić information content (AvgIpc) is 2.79. The van der Waals surface area contributed by atoms with Gasteiger partial charge in [-0.1, -0.05) is 22.6 Å². The second-order valence-electron chi connectivity index (χ2n) is 4.90. The van der Waals surface area contributed by atoms with Crippen LogP contribution in [0, 0.1) is 23.7 Å². The van der Waals surface area contributed by atoms with E-state index in [0.717, 1.165) is 6.42 Å². The van der Waals surface area contributed by atoms with Gasteiger partial charge in [-0.2, -0.15) is 0 Å². The molecule has 1 heterocycles. The molecule has 0 aromatic carbocycles. The van der Waals surface area contributed by atoms with Gasteiger partial charge >= 0.3 is 11.9 Å². The Balaban J connectivity index is 1.80. The molecular formula is C11H13IO4. The number of carbonyl (C=O) groups excluding carboxylic acids is 2. The number of alkyl halides is 1. The zero-order valence-corrected chi connectivity index (χ0v) is 11.0. The Labute approximate surface area is 107 Å². The fraction of sp³-hybridized carbons (Fsp3) is 0.818. The van der Waals surface area contributed by atoms with E-state index in [-0.39, 0.29) is 29.9 Å². The van der Waals surface area contributed by atoms with Crippen LogP contribution in [0.5, 0.6) is 0 Å². The van der Waals surface area contributed by atoms with Crippen LogP contribution in [0.15, 0.2) is 0 Å². The second kappa shape index (κ2) is 3.58. The molecule has 1 saturated heterocycles. The first-order valence-electron chi connectivity index (χ1n) is 5.57. The van der Waals surface area contributed by atoms with Crippen molar-refractivity contribution in [3.05, 3.63) is 0 Å². The highest BCUT2D eigenvalue weighted by Gasteiger charge is 2.65. The summed E-state index contributed by atoms with van der Waals surface area (Å²) in [7, 11) is 0. The number of hydrogen-bond donors (Lipinski definition) is 0. The fourth-order valence-corrected chi connectivity index (χ4v) is 5.07. The SMILES string of the molecule is CC(=O)OC[C@@H]1[C@H]2C[C@H]3[C@H](OC(=O)[C@@H]13)[C@@H]2I. The molecule has 4 nitrogen and oxygen atoms in total. The Kier molecular flexibility index (Phi) is 2.42. The van der Waals surface area contributed by atoms with Crippen LogP contribution < -0.4 is 0 Å². The molecule has 0 radical (unpaired) electrons. The lowest BCUT2D eigenvalue weighted by Crippen LogP contribution is -2.36. The van der Waals surface area contributed by atoms with Crippen molar-refractivity contribution in [1.82, 2.24) is 0 Å². The van der Waals surface area contributed by atoms with Gasteiger partial charge in [0.05, 0.1) is 16.4 Å². The largest absolute Gasteiger partial charge is 0.466 e. The summed E-state index contributed by atoms with van der Waals surface area (Å²) in [4.78, 5) is 22.6. The van der Waals surface area contributed by atoms with Gasteiger partial charge in [0.2, 0.25) is 0 Å². The highest BCUT2D eigenvalue weighted by Crippen LogP contribution is 2.59. The normalized spacial score (nSPS) is 48.2. The first-order valence-corrected chi connectivity index (χ1v) is 6.82. The van der Waals surface area contributed by atoms with E-state index in [0.29, 0.717) is 22.4 Å². The number of esters is 2. The van der Waals surface area contributed by atoms with E-state index in [1.807, 2.05) is 0 Å². The van der Waals surface area contributed by atoms with Crippen molar-refractivity contribution >= 4 is 34.5 Å². The molecule has 0 aromatic rings. The van der Waals surface area contributed by atoms with Crippen molar-refractivity contribution in [1.29, 1.82) is 0 Å². The van der Waals surface area contributed by atoms with Crippen molar-refractivity contribution < 1.29 is 19.1 Å². The van der Waals surface area contributed by atoms with Crippen LogP contribution in [-0.2, 0) is 19.1 Å². The molecule has 3 fully saturated rings. The average molecular weight is 336 g/mol. The van der Waals surface area contributed by atoms with Gasteiger partial charge in [-0.3, -0.25) is 9.59 Å². The van der Waals surface area contributed by atoms with E-state index in [1.165, 1.54) is 6.92 Å². The van der Waals surface area contributed by atoms with Gasteiger partial charge in [0.25, 0.3) is 0 Å². The van der Waals surface area contributed by atoms with E-state index in [4.69, 9.17) is 9.47 Å². The van der Waals surface area contributed by atoms with Gasteiger partial charge in [-0.15, -0.1) is 0 Å². The van der Waals surface area contributed by atoms with E-state index in [2.05, 4.69) is 22.6 Å². The first kappa shape index (κ1) is 10.8. The molecule has 2 bridgehead atoms. The predicted molar refractivity (Wildman–Crippen MR) is 62.9 cm³/mol. The number of rotatable bonds is 2. The molecule has 3 rings (SSSR count). The molecule has 0 unspecified atom stereocenters. The van der Waals surface area contributed by atoms with E-state index in [1.54, 1.807) is 0 Å². The summed E-state index contributed by atoms with van der Waals surface area (Å²) in [5.74, 6) is 0.679. The molecule has 0 aromatic heterocycles. The fourth-order valence-electron chi connectivity index (χ4n) is 3.56. The third-order valence-electron chi connectivity index (χ3n) is 4.17. The maximum atomic E-state index is 11.7. The zero-order valence-electron chi connectivity index (χ0n) is 8.89. The molecule has 88 valence electrons. The van der Waals surface area contributed by atoms with Crippen molar-refractivity contribution in [2.45, 2.75) is 23.4 Å². The smallest absolute Gasteiger partial charge is 0.310 e. The topological polar surface area (TPSA) is 52.6 Å². The van der Waals surface area contributed by atoms with Gasteiger partial charge in [-0.25, -0.2) is 0 Å². The molecule has 2 aliphatic carbocycles. The summed E-state index contributed by atoms with van der Waals surface area (Å²) in [5, 5.41) is 0. The minimum absolute atomic E-state index is 0.0136. The first-order chi connectivity index (χ1) is 7.59. The minimum atomic E-state index is -0.268. The van der Waals surface area contributed by atoms with Gasteiger partial charge in [0.1, 0.15) is 6.10 Å². The van der Waals surface area contributed by atoms with Crippen LogP contribution in [0.2, 0.25) is 0 Å². The monoisotopic (exact) mass is 336 g/mol. The van der Waals surface area contributed by atoms with Crippen LogP contribution in [0.25, 0.3) is 0 Å². The Morgan fingerprint density at radius 2 is 2.31 bits per heavy atom. The molecule has 1 aliphatic heterocycles. The van der Waals surface area contributed by atoms with Gasteiger partial charge < -0.3 is 9.47 Å². The molecule has 0 N–H and O–H groups in total. The lowest BCUT2D eigenvalue weighted by atomic mass is 9.80. The van der Waals surface area contributed by atoms with Crippen molar-refractivity contribution in [3.63, 3.8) is 0 Å². The lowest BCUT2D eigenvalue weighted by molar-refractivity contribution is -0.148. The Morgan fingerprint density at radius 1 is 1.56 bits per heavy atom. The van der Waals surface area contributed by atoms with Gasteiger partial charge in [-0.05, 0) is 12.3 Å². The summed E-state index contributed by atoms with van der Waals surface area (Å²) in [6.07, 6.45) is 1.18. The number of fused-ring (bicyclic) bond motifs is 1. The zero-order chi connectivity index (χ0) is 11.4. The Morgan fingerprint density at radius 3 is 3.00 bits per heavy atom. The minimum Gasteiger partial charge on any atom is -0.466 e. The second-order valence-corrected chi connectivity index (χ2v) is 6.34. The summed E-state index contributed by atoms with van der Waals surface area (Å²) in [5.41, 5.74) is 0. The quantitative estimate of drug-likeness (QED) is 0.431. The Bertz CT molecular complexity index is 356. The van der Waals surface area contributed by atoms with Gasteiger partial charge in [0, 0.05) is 18.8 Å². The molecule has 5 heteroatoms. The lowest BCUT2D eigenvalue weighted by Gasteiger charge is -2.27. The molecule has 2 saturated carbocycles. The van der Waals surface area contributed by atoms with Crippen molar-refractivity contribution in [2.24, 2.45) is 23.7 Å². The molecular weight excluding hydrogens is 323 g/mol. The molecule has 6 atom stereocenters.